The summed E-state index contributed by atoms with van der Waals surface area (Å²) in [7, 11) is 0. The molecule has 1 fully saturated rings. The Bertz CT molecular complexity index is 1260. The Morgan fingerprint density at radius 3 is 2.88 bits per heavy atom. The molecule has 1 saturated heterocycles. The second kappa shape index (κ2) is 8.98. The molecule has 3 heterocycles. The van der Waals surface area contributed by atoms with E-state index in [0.717, 1.165) is 53.8 Å². The first-order chi connectivity index (χ1) is 15.7. The molecule has 0 bridgehead atoms. The summed E-state index contributed by atoms with van der Waals surface area (Å²) in [4.78, 5) is 24.8. The fraction of sp³-hybridized carbons (Fsp3) is 0.208. The largest absolute Gasteiger partial charge is 0.360 e. The van der Waals surface area contributed by atoms with Crippen LogP contribution in [0.4, 0.5) is 17.3 Å². The molecule has 1 atom stereocenters. The van der Waals surface area contributed by atoms with Crippen molar-refractivity contribution in [2.45, 2.75) is 12.8 Å². The van der Waals surface area contributed by atoms with Crippen molar-refractivity contribution in [2.75, 3.05) is 23.7 Å². The van der Waals surface area contributed by atoms with Gasteiger partial charge in [-0.05, 0) is 43.7 Å². The van der Waals surface area contributed by atoms with Crippen molar-refractivity contribution in [3.63, 3.8) is 0 Å². The summed E-state index contributed by atoms with van der Waals surface area (Å²) in [6.45, 7) is 1.70. The van der Waals surface area contributed by atoms with Crippen LogP contribution in [0.5, 0.6) is 0 Å². The van der Waals surface area contributed by atoms with Gasteiger partial charge in [0.1, 0.15) is 0 Å². The van der Waals surface area contributed by atoms with Gasteiger partial charge < -0.3 is 20.9 Å². The molecule has 0 aliphatic carbocycles. The van der Waals surface area contributed by atoms with Crippen LogP contribution in [-0.4, -0.2) is 33.9 Å². The molecule has 2 aromatic heterocycles. The number of nitrogens with zero attached hydrogens (tertiary/aromatic N) is 2. The molecule has 4 aromatic rings. The molecule has 1 amide bonds. The zero-order valence-electron chi connectivity index (χ0n) is 17.4. The number of fused-ring (bicyclic) bond motifs is 1. The van der Waals surface area contributed by atoms with E-state index in [4.69, 9.17) is 11.6 Å². The fourth-order valence-electron chi connectivity index (χ4n) is 4.01. The highest BCUT2D eigenvalue weighted by Gasteiger charge is 2.21. The summed E-state index contributed by atoms with van der Waals surface area (Å²) < 4.78 is 0. The number of benzene rings is 2. The molecule has 1 aliphatic rings. The number of H-pyrrole nitrogens is 1. The van der Waals surface area contributed by atoms with Crippen molar-refractivity contribution in [1.29, 1.82) is 0 Å². The highest BCUT2D eigenvalue weighted by atomic mass is 35.5. The highest BCUT2D eigenvalue weighted by Crippen LogP contribution is 2.32. The van der Waals surface area contributed by atoms with E-state index >= 15 is 0 Å². The first-order valence-corrected chi connectivity index (χ1v) is 11.0. The van der Waals surface area contributed by atoms with E-state index in [0.29, 0.717) is 16.7 Å². The van der Waals surface area contributed by atoms with Gasteiger partial charge in [-0.25, -0.2) is 9.97 Å². The number of carbonyl (C=O) groups excluding carboxylic acids is 1. The number of halogens is 1. The molecule has 162 valence electrons. The summed E-state index contributed by atoms with van der Waals surface area (Å²) in [5.74, 6) is 0.465. The fourth-order valence-corrected chi connectivity index (χ4v) is 4.20. The van der Waals surface area contributed by atoms with E-state index in [-0.39, 0.29) is 11.8 Å². The van der Waals surface area contributed by atoms with Crippen LogP contribution in [0.2, 0.25) is 5.02 Å². The lowest BCUT2D eigenvalue weighted by atomic mass is 9.99. The van der Waals surface area contributed by atoms with Crippen molar-refractivity contribution in [3.8, 4) is 11.3 Å². The van der Waals surface area contributed by atoms with E-state index in [1.165, 1.54) is 0 Å². The predicted octanol–water partition coefficient (Wildman–Crippen LogP) is 4.96. The summed E-state index contributed by atoms with van der Waals surface area (Å²) in [5.41, 5.74) is 4.09. The Hall–Kier alpha value is -3.42. The van der Waals surface area contributed by atoms with Crippen molar-refractivity contribution in [3.05, 3.63) is 65.9 Å². The zero-order chi connectivity index (χ0) is 21.9. The van der Waals surface area contributed by atoms with E-state index in [9.17, 15) is 4.79 Å². The van der Waals surface area contributed by atoms with Gasteiger partial charge >= 0.3 is 0 Å². The van der Waals surface area contributed by atoms with Crippen molar-refractivity contribution < 1.29 is 4.79 Å². The first-order valence-electron chi connectivity index (χ1n) is 10.6. The number of carbonyl (C=O) groups is 1. The second-order valence-corrected chi connectivity index (χ2v) is 8.28. The lowest BCUT2D eigenvalue weighted by molar-refractivity contribution is -0.120. The molecule has 32 heavy (non-hydrogen) atoms. The number of hydrogen-bond acceptors (Lipinski definition) is 5. The van der Waals surface area contributed by atoms with Crippen molar-refractivity contribution in [1.82, 2.24) is 20.3 Å². The van der Waals surface area contributed by atoms with Gasteiger partial charge in [0.25, 0.3) is 0 Å². The average Bonchev–Trinajstić information content (AvgIpc) is 3.25. The summed E-state index contributed by atoms with van der Waals surface area (Å²) in [6.07, 6.45) is 5.42. The Morgan fingerprint density at radius 2 is 2.00 bits per heavy atom. The number of aromatic amines is 1. The minimum absolute atomic E-state index is 0.00121. The van der Waals surface area contributed by atoms with Gasteiger partial charge in [-0.3, -0.25) is 4.79 Å². The van der Waals surface area contributed by atoms with Crippen LogP contribution in [0.25, 0.3) is 22.2 Å². The smallest absolute Gasteiger partial charge is 0.228 e. The maximum atomic E-state index is 12.5. The molecular formula is C24H23ClN6O. The van der Waals surface area contributed by atoms with Gasteiger partial charge in [-0.15, -0.1) is 0 Å². The van der Waals surface area contributed by atoms with E-state index in [1.807, 2.05) is 54.7 Å². The Kier molecular flexibility index (Phi) is 5.75. The lowest BCUT2D eigenvalue weighted by Gasteiger charge is -2.22. The topological polar surface area (TPSA) is 94.7 Å². The normalized spacial score (nSPS) is 16.1. The van der Waals surface area contributed by atoms with Crippen LogP contribution >= 0.6 is 11.6 Å². The highest BCUT2D eigenvalue weighted by molar-refractivity contribution is 6.33. The molecule has 0 unspecified atom stereocenters. The molecule has 0 radical (unpaired) electrons. The lowest BCUT2D eigenvalue weighted by Crippen LogP contribution is -2.37. The molecular weight excluding hydrogens is 424 g/mol. The molecule has 8 heteroatoms. The molecule has 0 spiro atoms. The minimum Gasteiger partial charge on any atom is -0.360 e. The third-order valence-electron chi connectivity index (χ3n) is 5.64. The molecule has 5 rings (SSSR count). The SMILES string of the molecule is O=C(Nc1cccc(Nc2ncc(Cl)c(-c3c[nH]c4ccccc34)n2)c1)[C@H]1CCCNC1. The van der Waals surface area contributed by atoms with Gasteiger partial charge in [0.15, 0.2) is 0 Å². The standard InChI is InChI=1S/C24H23ClN6O/c25-20-14-28-24(31-22(20)19-13-27-21-9-2-1-8-18(19)21)30-17-7-3-6-16(11-17)29-23(32)15-5-4-10-26-12-15/h1-3,6-9,11,13-15,26-27H,4-5,10,12H2,(H,29,32)(H,28,30,31)/t15-/m0/s1. The first kappa shape index (κ1) is 20.5. The number of aromatic nitrogens is 3. The number of rotatable bonds is 5. The van der Waals surface area contributed by atoms with Crippen molar-refractivity contribution in [2.24, 2.45) is 5.92 Å². The minimum atomic E-state index is -0.00121. The third-order valence-corrected chi connectivity index (χ3v) is 5.92. The van der Waals surface area contributed by atoms with Gasteiger partial charge in [0, 0.05) is 40.6 Å². The number of nitrogens with one attached hydrogen (secondary N) is 4. The quantitative estimate of drug-likeness (QED) is 0.347. The van der Waals surface area contributed by atoms with Crippen LogP contribution in [0.1, 0.15) is 12.8 Å². The van der Waals surface area contributed by atoms with E-state index in [1.54, 1.807) is 6.20 Å². The summed E-state index contributed by atoms with van der Waals surface area (Å²) >= 11 is 6.43. The molecule has 2 aromatic carbocycles. The van der Waals surface area contributed by atoms with Crippen LogP contribution in [-0.2, 0) is 4.79 Å². The average molecular weight is 447 g/mol. The van der Waals surface area contributed by atoms with E-state index < -0.39 is 0 Å². The monoisotopic (exact) mass is 446 g/mol. The molecule has 7 nitrogen and oxygen atoms in total. The molecule has 0 saturated carbocycles. The Labute approximate surface area is 190 Å². The summed E-state index contributed by atoms with van der Waals surface area (Å²) in [5, 5.41) is 11.0. The number of para-hydroxylation sites is 1. The Balaban J connectivity index is 1.36. The Morgan fingerprint density at radius 1 is 1.12 bits per heavy atom. The van der Waals surface area contributed by atoms with E-state index in [2.05, 4.69) is 30.9 Å². The van der Waals surface area contributed by atoms with Crippen LogP contribution in [0.15, 0.2) is 60.9 Å². The van der Waals surface area contributed by atoms with Gasteiger partial charge in [-0.1, -0.05) is 35.9 Å². The zero-order valence-corrected chi connectivity index (χ0v) is 18.1. The number of anilines is 3. The molecule has 1 aliphatic heterocycles. The number of piperidine rings is 1. The van der Waals surface area contributed by atoms with Gasteiger partial charge in [0.05, 0.1) is 22.8 Å². The summed E-state index contributed by atoms with van der Waals surface area (Å²) in [6, 6.07) is 15.5. The van der Waals surface area contributed by atoms with Crippen LogP contribution in [0, 0.1) is 5.92 Å². The van der Waals surface area contributed by atoms with Crippen molar-refractivity contribution >= 4 is 45.7 Å². The van der Waals surface area contributed by atoms with Gasteiger partial charge in [0.2, 0.25) is 11.9 Å². The molecule has 4 N–H and O–H groups in total. The third kappa shape index (κ3) is 4.30. The number of amides is 1. The maximum absolute atomic E-state index is 12.5. The van der Waals surface area contributed by atoms with Gasteiger partial charge in [-0.2, -0.15) is 0 Å². The van der Waals surface area contributed by atoms with Crippen LogP contribution in [0.3, 0.4) is 0 Å². The maximum Gasteiger partial charge on any atom is 0.228 e. The predicted molar refractivity (Wildman–Crippen MR) is 128 cm³/mol. The second-order valence-electron chi connectivity index (χ2n) is 7.88. The number of hydrogen-bond donors (Lipinski definition) is 4. The van der Waals surface area contributed by atoms with Crippen LogP contribution < -0.4 is 16.0 Å².